The Kier molecular flexibility index (Phi) is 8.73. The summed E-state index contributed by atoms with van der Waals surface area (Å²) in [6.07, 6.45) is 0. The summed E-state index contributed by atoms with van der Waals surface area (Å²) in [5, 5.41) is 1.93. The van der Waals surface area contributed by atoms with E-state index in [-0.39, 0.29) is 5.41 Å². The van der Waals surface area contributed by atoms with Crippen LogP contribution in [-0.2, 0) is 5.41 Å². The van der Waals surface area contributed by atoms with Gasteiger partial charge >= 0.3 is 0 Å². The van der Waals surface area contributed by atoms with Crippen molar-refractivity contribution in [3.63, 3.8) is 0 Å². The minimum absolute atomic E-state index is 0.163. The molecular formula is C58H39N5O. The van der Waals surface area contributed by atoms with Crippen LogP contribution in [0.3, 0.4) is 0 Å². The van der Waals surface area contributed by atoms with Gasteiger partial charge in [-0.25, -0.2) is 24.9 Å². The Balaban J connectivity index is 0.984. The van der Waals surface area contributed by atoms with Gasteiger partial charge in [-0.2, -0.15) is 0 Å². The van der Waals surface area contributed by atoms with Crippen molar-refractivity contribution < 1.29 is 4.42 Å². The third-order valence-corrected chi connectivity index (χ3v) is 12.6. The van der Waals surface area contributed by atoms with Crippen LogP contribution in [0.25, 0.3) is 112 Å². The fourth-order valence-corrected chi connectivity index (χ4v) is 9.30. The van der Waals surface area contributed by atoms with E-state index in [4.69, 9.17) is 29.3 Å². The summed E-state index contributed by atoms with van der Waals surface area (Å²) in [6.45, 7) is 4.59. The number of benzene rings is 8. The first-order valence-corrected chi connectivity index (χ1v) is 21.6. The van der Waals surface area contributed by atoms with Gasteiger partial charge in [-0.1, -0.05) is 178 Å². The molecule has 6 nitrogen and oxygen atoms in total. The molecule has 1 aliphatic carbocycles. The minimum Gasteiger partial charge on any atom is -0.456 e. The van der Waals surface area contributed by atoms with Gasteiger partial charge in [0.15, 0.2) is 23.3 Å². The Hall–Kier alpha value is -8.35. The highest BCUT2D eigenvalue weighted by Gasteiger charge is 2.35. The molecule has 64 heavy (non-hydrogen) atoms. The second-order valence-electron chi connectivity index (χ2n) is 16.9. The van der Waals surface area contributed by atoms with Crippen LogP contribution in [-0.4, -0.2) is 24.9 Å². The normalized spacial score (nSPS) is 12.7. The van der Waals surface area contributed by atoms with Crippen molar-refractivity contribution in [2.24, 2.45) is 0 Å². The quantitative estimate of drug-likeness (QED) is 0.159. The molecule has 0 radical (unpaired) electrons. The molecule has 3 aromatic heterocycles. The fourth-order valence-electron chi connectivity index (χ4n) is 9.30. The fraction of sp³-hybridized carbons (Fsp3) is 0.0517. The van der Waals surface area contributed by atoms with E-state index in [1.165, 1.54) is 22.3 Å². The van der Waals surface area contributed by atoms with Gasteiger partial charge in [-0.15, -0.1) is 0 Å². The van der Waals surface area contributed by atoms with Crippen LogP contribution >= 0.6 is 0 Å². The summed E-state index contributed by atoms with van der Waals surface area (Å²) < 4.78 is 6.55. The minimum atomic E-state index is -0.163. The molecule has 0 bridgehead atoms. The molecule has 3 heterocycles. The number of hydrogen-bond acceptors (Lipinski definition) is 6. The third kappa shape index (κ3) is 6.38. The van der Waals surface area contributed by atoms with Gasteiger partial charge in [-0.3, -0.25) is 0 Å². The molecule has 0 saturated heterocycles. The van der Waals surface area contributed by atoms with Crippen molar-refractivity contribution in [2.75, 3.05) is 0 Å². The van der Waals surface area contributed by atoms with E-state index in [0.29, 0.717) is 23.3 Å². The van der Waals surface area contributed by atoms with Crippen LogP contribution < -0.4 is 0 Å². The van der Waals surface area contributed by atoms with Crippen molar-refractivity contribution in [1.82, 2.24) is 24.9 Å². The van der Waals surface area contributed by atoms with Gasteiger partial charge in [0.1, 0.15) is 11.2 Å². The largest absolute Gasteiger partial charge is 0.456 e. The molecule has 302 valence electrons. The highest BCUT2D eigenvalue weighted by Crippen LogP contribution is 2.49. The van der Waals surface area contributed by atoms with Crippen LogP contribution in [0.15, 0.2) is 205 Å². The molecule has 1 aliphatic rings. The van der Waals surface area contributed by atoms with E-state index < -0.39 is 0 Å². The van der Waals surface area contributed by atoms with Crippen molar-refractivity contribution in [3.05, 3.63) is 211 Å². The maximum Gasteiger partial charge on any atom is 0.164 e. The van der Waals surface area contributed by atoms with Crippen LogP contribution in [0.2, 0.25) is 0 Å². The van der Waals surface area contributed by atoms with Gasteiger partial charge in [0.05, 0.1) is 11.4 Å². The Bertz CT molecular complexity index is 3520. The van der Waals surface area contributed by atoms with E-state index in [9.17, 15) is 0 Å². The monoisotopic (exact) mass is 821 g/mol. The van der Waals surface area contributed by atoms with E-state index in [1.54, 1.807) is 0 Å². The third-order valence-electron chi connectivity index (χ3n) is 12.6. The van der Waals surface area contributed by atoms with Gasteiger partial charge in [0.2, 0.25) is 0 Å². The van der Waals surface area contributed by atoms with Gasteiger partial charge < -0.3 is 4.42 Å². The topological polar surface area (TPSA) is 77.6 Å². The van der Waals surface area contributed by atoms with Gasteiger partial charge in [0, 0.05) is 49.6 Å². The summed E-state index contributed by atoms with van der Waals surface area (Å²) in [5.74, 6) is 2.50. The predicted molar refractivity (Wildman–Crippen MR) is 258 cm³/mol. The van der Waals surface area contributed by atoms with Crippen LogP contribution in [0.1, 0.15) is 25.0 Å². The second-order valence-corrected chi connectivity index (χ2v) is 16.9. The molecule has 0 spiro atoms. The zero-order chi connectivity index (χ0) is 42.8. The Morgan fingerprint density at radius 2 is 0.859 bits per heavy atom. The first-order valence-electron chi connectivity index (χ1n) is 21.6. The first-order chi connectivity index (χ1) is 31.4. The zero-order valence-corrected chi connectivity index (χ0v) is 35.2. The average Bonchev–Trinajstić information content (AvgIpc) is 3.85. The highest BCUT2D eigenvalue weighted by atomic mass is 16.3. The van der Waals surface area contributed by atoms with Crippen molar-refractivity contribution in [2.45, 2.75) is 19.3 Å². The summed E-state index contributed by atoms with van der Waals surface area (Å²) in [6, 6.07) is 69.1. The van der Waals surface area contributed by atoms with Crippen molar-refractivity contribution in [1.29, 1.82) is 0 Å². The zero-order valence-electron chi connectivity index (χ0n) is 35.2. The van der Waals surface area contributed by atoms with Crippen molar-refractivity contribution >= 4 is 21.9 Å². The molecule has 0 atom stereocenters. The van der Waals surface area contributed by atoms with Crippen LogP contribution in [0.5, 0.6) is 0 Å². The summed E-state index contributed by atoms with van der Waals surface area (Å²) in [4.78, 5) is 25.7. The SMILES string of the molecule is CC1(C)c2ccccc2-c2ccc(-c3nc(-c4ccccc4)nc(-c4cccc5oc6ccc(-c7cccc(-c8cc(-c9ccccc9)nc(-c9ccccc9)n8)c7)cc6c45)n3)cc21. The van der Waals surface area contributed by atoms with Gasteiger partial charge in [-0.05, 0) is 69.8 Å². The molecule has 0 saturated carbocycles. The molecule has 0 amide bonds. The molecule has 11 aromatic rings. The number of fused-ring (bicyclic) bond motifs is 6. The number of aromatic nitrogens is 5. The lowest BCUT2D eigenvalue weighted by molar-refractivity contribution is 0.660. The lowest BCUT2D eigenvalue weighted by Gasteiger charge is -2.21. The molecule has 0 aliphatic heterocycles. The van der Waals surface area contributed by atoms with E-state index in [1.807, 2.05) is 78.9 Å². The summed E-state index contributed by atoms with van der Waals surface area (Å²) >= 11 is 0. The Labute approximate surface area is 370 Å². The number of nitrogens with zero attached hydrogens (tertiary/aromatic N) is 5. The number of furan rings is 1. The highest BCUT2D eigenvalue weighted by molar-refractivity contribution is 6.13. The summed E-state index contributed by atoms with van der Waals surface area (Å²) in [5.41, 5.74) is 16.1. The van der Waals surface area contributed by atoms with Gasteiger partial charge in [0.25, 0.3) is 0 Å². The molecule has 12 rings (SSSR count). The molecule has 6 heteroatoms. The van der Waals surface area contributed by atoms with E-state index in [2.05, 4.69) is 135 Å². The second kappa shape index (κ2) is 14.9. The predicted octanol–water partition coefficient (Wildman–Crippen LogP) is 14.5. The molecule has 0 fully saturated rings. The lowest BCUT2D eigenvalue weighted by atomic mass is 9.82. The Morgan fingerprint density at radius 3 is 1.61 bits per heavy atom. The average molecular weight is 822 g/mol. The standard InChI is InChI=1S/C58H39N5O/c1-58(2)47-26-13-12-24-43(47)44-30-28-42(34-48(44)58)56-61-55(38-20-10-5-11-21-38)62-57(63-56)45-25-15-27-52-53(45)46-33-40(29-31-51(46)64-52)39-22-14-23-41(32-39)50-35-49(36-16-6-3-7-17-36)59-54(60-50)37-18-8-4-9-19-37/h3-35H,1-2H3. The number of hydrogen-bond donors (Lipinski definition) is 0. The number of rotatable bonds is 7. The van der Waals surface area contributed by atoms with E-state index in [0.717, 1.165) is 77.8 Å². The molecular weight excluding hydrogens is 783 g/mol. The van der Waals surface area contributed by atoms with E-state index >= 15 is 0 Å². The lowest BCUT2D eigenvalue weighted by Crippen LogP contribution is -2.15. The van der Waals surface area contributed by atoms with Crippen molar-refractivity contribution in [3.8, 4) is 90.3 Å². The molecule has 0 unspecified atom stereocenters. The smallest absolute Gasteiger partial charge is 0.164 e. The summed E-state index contributed by atoms with van der Waals surface area (Å²) in [7, 11) is 0. The first kappa shape index (κ1) is 37.4. The maximum absolute atomic E-state index is 6.55. The van der Waals surface area contributed by atoms with Crippen LogP contribution in [0, 0.1) is 0 Å². The maximum atomic E-state index is 6.55. The molecule has 8 aromatic carbocycles. The Morgan fingerprint density at radius 1 is 0.328 bits per heavy atom. The van der Waals surface area contributed by atoms with Crippen LogP contribution in [0.4, 0.5) is 0 Å². The molecule has 0 N–H and O–H groups in total.